The first-order chi connectivity index (χ1) is 18.7. The molecule has 2 aliphatic rings. The number of aromatic nitrogens is 6. The Kier molecular flexibility index (Phi) is 5.76. The summed E-state index contributed by atoms with van der Waals surface area (Å²) >= 11 is 0. The molecule has 1 saturated carbocycles. The number of fused-ring (bicyclic) bond motifs is 2. The van der Waals surface area contributed by atoms with E-state index in [2.05, 4.69) is 47.5 Å². The van der Waals surface area contributed by atoms with Crippen LogP contribution in [-0.4, -0.2) is 49.1 Å². The largest absolute Gasteiger partial charge is 0.370 e. The highest BCUT2D eigenvalue weighted by molar-refractivity contribution is 5.97. The highest BCUT2D eigenvalue weighted by Gasteiger charge is 2.23. The van der Waals surface area contributed by atoms with E-state index in [0.29, 0.717) is 11.5 Å². The zero-order chi connectivity index (χ0) is 25.5. The van der Waals surface area contributed by atoms with E-state index < -0.39 is 0 Å². The first kappa shape index (κ1) is 22.9. The summed E-state index contributed by atoms with van der Waals surface area (Å²) in [6.45, 7) is 2.10. The molecule has 0 bridgehead atoms. The Balaban J connectivity index is 1.22. The first-order valence-corrected chi connectivity index (χ1v) is 13.6. The molecule has 4 aromatic heterocycles. The van der Waals surface area contributed by atoms with Crippen LogP contribution in [0.3, 0.4) is 0 Å². The third-order valence-corrected chi connectivity index (χ3v) is 7.92. The van der Waals surface area contributed by atoms with E-state index in [9.17, 15) is 4.79 Å². The predicted molar refractivity (Wildman–Crippen MR) is 149 cm³/mol. The number of nitrogens with zero attached hydrogens (tertiary/aromatic N) is 5. The quantitative estimate of drug-likeness (QED) is 0.282. The molecular weight excluding hydrogens is 476 g/mol. The average Bonchev–Trinajstić information content (AvgIpc) is 3.73. The number of pyridine rings is 2. The van der Waals surface area contributed by atoms with E-state index in [1.165, 1.54) is 19.3 Å². The van der Waals surface area contributed by atoms with E-state index in [0.717, 1.165) is 83.4 Å². The van der Waals surface area contributed by atoms with Crippen molar-refractivity contribution < 1.29 is 4.79 Å². The zero-order valence-electron chi connectivity index (χ0n) is 21.2. The van der Waals surface area contributed by atoms with Gasteiger partial charge in [-0.15, -0.1) is 0 Å². The minimum atomic E-state index is 0.0939. The van der Waals surface area contributed by atoms with Crippen molar-refractivity contribution in [3.05, 3.63) is 48.9 Å². The molecule has 1 aromatic carbocycles. The van der Waals surface area contributed by atoms with Crippen molar-refractivity contribution in [2.45, 2.75) is 44.9 Å². The maximum atomic E-state index is 12.6. The van der Waals surface area contributed by atoms with Crippen molar-refractivity contribution in [2.75, 3.05) is 23.3 Å². The van der Waals surface area contributed by atoms with E-state index in [-0.39, 0.29) is 11.8 Å². The third kappa shape index (κ3) is 4.17. The van der Waals surface area contributed by atoms with Crippen LogP contribution in [-0.2, 0) is 4.79 Å². The van der Waals surface area contributed by atoms with Crippen molar-refractivity contribution in [3.63, 3.8) is 0 Å². The number of amides is 1. The van der Waals surface area contributed by atoms with Gasteiger partial charge in [0.2, 0.25) is 5.91 Å². The second kappa shape index (κ2) is 9.55. The predicted octanol–water partition coefficient (Wildman–Crippen LogP) is 5.68. The van der Waals surface area contributed by atoms with Gasteiger partial charge < -0.3 is 15.2 Å². The number of imidazole rings is 1. The molecule has 9 nitrogen and oxygen atoms in total. The lowest BCUT2D eigenvalue weighted by Crippen LogP contribution is -2.29. The number of carbonyl (C=O) groups excluding carboxylic acids is 1. The number of carbonyl (C=O) groups is 1. The van der Waals surface area contributed by atoms with Crippen LogP contribution in [0.2, 0.25) is 0 Å². The highest BCUT2D eigenvalue weighted by atomic mass is 16.1. The number of piperidine rings is 1. The molecule has 1 aliphatic carbocycles. The number of hydrogen-bond donors (Lipinski definition) is 3. The molecule has 38 heavy (non-hydrogen) atoms. The van der Waals surface area contributed by atoms with Gasteiger partial charge in [-0.3, -0.25) is 14.9 Å². The van der Waals surface area contributed by atoms with Crippen LogP contribution in [0.5, 0.6) is 0 Å². The fourth-order valence-electron chi connectivity index (χ4n) is 5.88. The van der Waals surface area contributed by atoms with Gasteiger partial charge in [0.1, 0.15) is 11.2 Å². The minimum absolute atomic E-state index is 0.0939. The smallest absolute Gasteiger partial charge is 0.227 e. The number of hydrogen-bond acceptors (Lipinski definition) is 6. The van der Waals surface area contributed by atoms with Crippen LogP contribution in [0.4, 0.5) is 11.4 Å². The fourth-order valence-corrected chi connectivity index (χ4v) is 5.88. The van der Waals surface area contributed by atoms with Crippen molar-refractivity contribution in [3.8, 4) is 22.6 Å². The van der Waals surface area contributed by atoms with Crippen LogP contribution < -0.4 is 10.2 Å². The van der Waals surface area contributed by atoms with Crippen LogP contribution in [0.25, 0.3) is 44.7 Å². The third-order valence-electron chi connectivity index (χ3n) is 7.92. The van der Waals surface area contributed by atoms with Gasteiger partial charge in [-0.2, -0.15) is 5.10 Å². The maximum absolute atomic E-state index is 12.6. The molecule has 1 aliphatic heterocycles. The average molecular weight is 507 g/mol. The maximum Gasteiger partial charge on any atom is 0.227 e. The molecule has 9 heteroatoms. The molecule has 0 spiro atoms. The van der Waals surface area contributed by atoms with Gasteiger partial charge in [0.25, 0.3) is 0 Å². The number of nitrogens with one attached hydrogen (secondary N) is 3. The van der Waals surface area contributed by atoms with Gasteiger partial charge in [-0.05, 0) is 61.9 Å². The number of H-pyrrole nitrogens is 2. The van der Waals surface area contributed by atoms with E-state index in [1.54, 1.807) is 6.20 Å². The number of rotatable bonds is 5. The van der Waals surface area contributed by atoms with Crippen molar-refractivity contribution in [1.29, 1.82) is 0 Å². The molecule has 7 rings (SSSR count). The molecule has 2 fully saturated rings. The summed E-state index contributed by atoms with van der Waals surface area (Å²) in [6.07, 6.45) is 13.3. The van der Waals surface area contributed by atoms with E-state index >= 15 is 0 Å². The van der Waals surface area contributed by atoms with Gasteiger partial charge in [0.15, 0.2) is 11.5 Å². The van der Waals surface area contributed by atoms with Crippen molar-refractivity contribution in [1.82, 2.24) is 30.1 Å². The van der Waals surface area contributed by atoms with E-state index in [4.69, 9.17) is 4.98 Å². The zero-order valence-corrected chi connectivity index (χ0v) is 21.2. The SMILES string of the molecule is O=C(Nc1cncc(-c2ccc3[nH]nc(-c4nc5nccc(N6CCCCC6)c5[nH]4)c3c2)c1)C1CCCC1. The van der Waals surface area contributed by atoms with Gasteiger partial charge in [0.05, 0.1) is 23.1 Å². The van der Waals surface area contributed by atoms with E-state index in [1.807, 2.05) is 30.6 Å². The van der Waals surface area contributed by atoms with Gasteiger partial charge >= 0.3 is 0 Å². The highest BCUT2D eigenvalue weighted by Crippen LogP contribution is 2.33. The normalized spacial score (nSPS) is 16.5. The molecule has 0 atom stereocenters. The standard InChI is InChI=1S/C29H30N8O/c38-29(18-6-2-3-7-18)32-21-14-20(16-30-17-21)19-8-9-23-22(15-19)25(36-35-23)28-33-26-24(10-11-31-27(26)34-28)37-12-4-1-5-13-37/h8-11,14-18H,1-7,12-13H2,(H,32,38)(H,35,36)(H,31,33,34). The Bertz CT molecular complexity index is 1620. The summed E-state index contributed by atoms with van der Waals surface area (Å²) in [5.74, 6) is 0.893. The second-order valence-electron chi connectivity index (χ2n) is 10.4. The van der Waals surface area contributed by atoms with Crippen LogP contribution in [0, 0.1) is 5.92 Å². The molecular formula is C29H30N8O. The lowest BCUT2D eigenvalue weighted by Gasteiger charge is -2.28. The molecule has 1 saturated heterocycles. The summed E-state index contributed by atoms with van der Waals surface area (Å²) in [5.41, 5.74) is 7.12. The number of anilines is 2. The van der Waals surface area contributed by atoms with Crippen molar-refractivity contribution in [2.24, 2.45) is 5.92 Å². The molecule has 1 amide bonds. The summed E-state index contributed by atoms with van der Waals surface area (Å²) in [7, 11) is 0. The Morgan fingerprint density at radius 3 is 2.71 bits per heavy atom. The lowest BCUT2D eigenvalue weighted by atomic mass is 10.0. The Morgan fingerprint density at radius 2 is 1.84 bits per heavy atom. The molecule has 192 valence electrons. The second-order valence-corrected chi connectivity index (χ2v) is 10.4. The summed E-state index contributed by atoms with van der Waals surface area (Å²) in [5, 5.41) is 11.8. The lowest BCUT2D eigenvalue weighted by molar-refractivity contribution is -0.119. The van der Waals surface area contributed by atoms with Crippen LogP contribution >= 0.6 is 0 Å². The summed E-state index contributed by atoms with van der Waals surface area (Å²) in [4.78, 5) is 32.3. The van der Waals surface area contributed by atoms with Crippen LogP contribution in [0.1, 0.15) is 44.9 Å². The first-order valence-electron chi connectivity index (χ1n) is 13.6. The monoisotopic (exact) mass is 506 g/mol. The summed E-state index contributed by atoms with van der Waals surface area (Å²) in [6, 6.07) is 10.2. The van der Waals surface area contributed by atoms with Gasteiger partial charge in [0, 0.05) is 42.4 Å². The number of aromatic amines is 2. The summed E-state index contributed by atoms with van der Waals surface area (Å²) < 4.78 is 0. The molecule has 3 N–H and O–H groups in total. The topological polar surface area (TPSA) is 115 Å². The number of benzene rings is 1. The minimum Gasteiger partial charge on any atom is -0.370 e. The van der Waals surface area contributed by atoms with Crippen molar-refractivity contribution >= 4 is 39.3 Å². The Labute approximate surface area is 220 Å². The Hall–Kier alpha value is -4.27. The van der Waals surface area contributed by atoms with Gasteiger partial charge in [-0.25, -0.2) is 9.97 Å². The molecule has 5 aromatic rings. The molecule has 0 radical (unpaired) electrons. The molecule has 5 heterocycles. The van der Waals surface area contributed by atoms with Gasteiger partial charge in [-0.1, -0.05) is 18.9 Å². The molecule has 0 unspecified atom stereocenters. The fraction of sp³-hybridized carbons (Fsp3) is 0.345. The van der Waals surface area contributed by atoms with Crippen LogP contribution in [0.15, 0.2) is 48.9 Å². The Morgan fingerprint density at radius 1 is 0.974 bits per heavy atom.